The number of guanidine groups is 1. The molecule has 1 unspecified atom stereocenters. The predicted octanol–water partition coefficient (Wildman–Crippen LogP) is 1.75. The fourth-order valence-electron chi connectivity index (χ4n) is 4.09. The van der Waals surface area contributed by atoms with E-state index in [4.69, 9.17) is 4.74 Å². The van der Waals surface area contributed by atoms with Gasteiger partial charge in [0.05, 0.1) is 13.7 Å². The lowest BCUT2D eigenvalue weighted by atomic mass is 10.1. The number of nitrogens with zero attached hydrogens (tertiary/aromatic N) is 5. The van der Waals surface area contributed by atoms with Gasteiger partial charge in [0, 0.05) is 30.7 Å². The third-order valence-electron chi connectivity index (χ3n) is 6.00. The van der Waals surface area contributed by atoms with Gasteiger partial charge in [-0.1, -0.05) is 4.49 Å². The average Bonchev–Trinajstić information content (AvgIpc) is 3.57. The van der Waals surface area contributed by atoms with E-state index >= 15 is 0 Å². The first-order chi connectivity index (χ1) is 17.0. The molecule has 2 N–H and O–H groups in total. The second-order valence-corrected chi connectivity index (χ2v) is 9.04. The molecule has 0 spiro atoms. The molecule has 4 rings (SSSR count). The van der Waals surface area contributed by atoms with Gasteiger partial charge in [0.1, 0.15) is 11.8 Å². The van der Waals surface area contributed by atoms with Crippen molar-refractivity contribution in [2.75, 3.05) is 38.6 Å². The number of aromatic nitrogens is 2. The van der Waals surface area contributed by atoms with Gasteiger partial charge in [0.2, 0.25) is 17.8 Å². The Morgan fingerprint density at radius 1 is 1.14 bits per heavy atom. The van der Waals surface area contributed by atoms with E-state index in [0.29, 0.717) is 24.4 Å². The highest BCUT2D eigenvalue weighted by molar-refractivity contribution is 7.03. The molecule has 186 valence electrons. The lowest BCUT2D eigenvalue weighted by Crippen LogP contribution is -2.45. The van der Waals surface area contributed by atoms with E-state index in [-0.39, 0.29) is 30.0 Å². The van der Waals surface area contributed by atoms with Gasteiger partial charge in [-0.05, 0) is 67.9 Å². The fourth-order valence-corrected chi connectivity index (χ4v) is 4.53. The van der Waals surface area contributed by atoms with Crippen LogP contribution in [0.25, 0.3) is 0 Å². The summed E-state index contributed by atoms with van der Waals surface area (Å²) < 4.78 is 8.92. The van der Waals surface area contributed by atoms with Crippen molar-refractivity contribution in [2.45, 2.75) is 38.1 Å². The molecule has 0 saturated carbocycles. The van der Waals surface area contributed by atoms with E-state index in [1.165, 1.54) is 5.38 Å². The second kappa shape index (κ2) is 11.7. The number of benzene rings is 1. The van der Waals surface area contributed by atoms with E-state index in [1.807, 2.05) is 4.90 Å². The third-order valence-corrected chi connectivity index (χ3v) is 6.50. The lowest BCUT2D eigenvalue weighted by molar-refractivity contribution is -0.140. The predicted molar refractivity (Wildman–Crippen MR) is 131 cm³/mol. The van der Waals surface area contributed by atoms with E-state index in [9.17, 15) is 14.4 Å². The summed E-state index contributed by atoms with van der Waals surface area (Å²) in [5.41, 5.74) is 0.813. The molecule has 0 aliphatic carbocycles. The van der Waals surface area contributed by atoms with Crippen LogP contribution < -0.4 is 15.4 Å². The van der Waals surface area contributed by atoms with Crippen LogP contribution in [0.2, 0.25) is 0 Å². The van der Waals surface area contributed by atoms with Crippen molar-refractivity contribution in [1.29, 1.82) is 0 Å². The number of aliphatic imine (C=N–C) groups is 1. The van der Waals surface area contributed by atoms with Crippen molar-refractivity contribution >= 4 is 40.9 Å². The van der Waals surface area contributed by atoms with Gasteiger partial charge in [0.25, 0.3) is 5.91 Å². The monoisotopic (exact) mass is 499 g/mol. The third kappa shape index (κ3) is 6.53. The van der Waals surface area contributed by atoms with Crippen LogP contribution in [0.3, 0.4) is 0 Å². The molecule has 2 aliphatic rings. The van der Waals surface area contributed by atoms with Crippen LogP contribution >= 0.6 is 11.5 Å². The summed E-state index contributed by atoms with van der Waals surface area (Å²) in [5.74, 6) is 0.0822. The molecule has 35 heavy (non-hydrogen) atoms. The number of carbonyl (C=O) groups excluding carboxylic acids is 3. The van der Waals surface area contributed by atoms with Crippen molar-refractivity contribution < 1.29 is 19.1 Å². The molecule has 0 bridgehead atoms. The summed E-state index contributed by atoms with van der Waals surface area (Å²) in [5, 5.41) is 11.1. The molecule has 3 heterocycles. The molecule has 3 amide bonds. The average molecular weight is 500 g/mol. The number of hydrogen-bond acceptors (Lipinski definition) is 8. The molecule has 1 aromatic heterocycles. The number of rotatable bonds is 6. The number of anilines is 1. The summed E-state index contributed by atoms with van der Waals surface area (Å²) in [6.07, 6.45) is 4.11. The largest absolute Gasteiger partial charge is 0.497 e. The number of likely N-dealkylation sites (tertiary alicyclic amines) is 2. The summed E-state index contributed by atoms with van der Waals surface area (Å²) >= 11 is 1.07. The molecular weight excluding hydrogens is 470 g/mol. The molecular formula is C23H29N7O4S. The highest BCUT2D eigenvalue weighted by Gasteiger charge is 2.30. The minimum atomic E-state index is -0.724. The minimum absolute atomic E-state index is 0.0265. The molecule has 2 aliphatic heterocycles. The Labute approximate surface area is 207 Å². The van der Waals surface area contributed by atoms with Crippen molar-refractivity contribution in [3.63, 3.8) is 0 Å². The second-order valence-electron chi connectivity index (χ2n) is 8.43. The number of hydrogen-bond donors (Lipinski definition) is 2. The minimum Gasteiger partial charge on any atom is -0.497 e. The standard InChI is InChI=1S/C23H29N7O4S/c1-34-17-9-7-16(8-10-17)24-23(26-21(32)19-15-35-28-27-19)25-18-6-2-3-13-30(22(18)33)14-20(31)29-11-4-5-12-29/h7-10,15,18H,2-6,11-14H2,1H3,(H2,24,25,26,32). The Bertz CT molecular complexity index is 1050. The highest BCUT2D eigenvalue weighted by Crippen LogP contribution is 2.18. The van der Waals surface area contributed by atoms with Gasteiger partial charge < -0.3 is 19.9 Å². The quantitative estimate of drug-likeness (QED) is 0.458. The normalized spacial score (nSPS) is 18.8. The Morgan fingerprint density at radius 2 is 1.89 bits per heavy atom. The number of amides is 3. The Hall–Kier alpha value is -3.54. The maximum Gasteiger partial charge on any atom is 0.279 e. The van der Waals surface area contributed by atoms with Gasteiger partial charge in [-0.3, -0.25) is 19.7 Å². The first kappa shape index (κ1) is 24.6. The van der Waals surface area contributed by atoms with Crippen molar-refractivity contribution in [3.05, 3.63) is 35.3 Å². The molecule has 0 radical (unpaired) electrons. The van der Waals surface area contributed by atoms with Crippen LogP contribution in [-0.2, 0) is 9.59 Å². The van der Waals surface area contributed by atoms with Crippen molar-refractivity contribution in [1.82, 2.24) is 24.7 Å². The Kier molecular flexibility index (Phi) is 8.24. The van der Waals surface area contributed by atoms with Crippen LogP contribution in [0.5, 0.6) is 5.75 Å². The van der Waals surface area contributed by atoms with Crippen LogP contribution in [0.4, 0.5) is 5.69 Å². The molecule has 12 heteroatoms. The van der Waals surface area contributed by atoms with Crippen LogP contribution in [-0.4, -0.2) is 82.4 Å². The zero-order chi connectivity index (χ0) is 24.6. The number of methoxy groups -OCH3 is 1. The smallest absolute Gasteiger partial charge is 0.279 e. The number of ether oxygens (including phenoxy) is 1. The van der Waals surface area contributed by atoms with Gasteiger partial charge >= 0.3 is 0 Å². The summed E-state index contributed by atoms with van der Waals surface area (Å²) in [7, 11) is 1.58. The van der Waals surface area contributed by atoms with Crippen LogP contribution in [0, 0.1) is 0 Å². The molecule has 2 saturated heterocycles. The summed E-state index contributed by atoms with van der Waals surface area (Å²) in [6.45, 7) is 2.07. The van der Waals surface area contributed by atoms with Gasteiger partial charge in [0.15, 0.2) is 5.69 Å². The molecule has 11 nitrogen and oxygen atoms in total. The first-order valence-corrected chi connectivity index (χ1v) is 12.5. The van der Waals surface area contributed by atoms with E-state index in [0.717, 1.165) is 50.3 Å². The van der Waals surface area contributed by atoms with E-state index in [2.05, 4.69) is 25.2 Å². The number of nitrogens with one attached hydrogen (secondary N) is 2. The zero-order valence-corrected chi connectivity index (χ0v) is 20.4. The van der Waals surface area contributed by atoms with E-state index in [1.54, 1.807) is 36.3 Å². The summed E-state index contributed by atoms with van der Waals surface area (Å²) in [4.78, 5) is 46.7. The highest BCUT2D eigenvalue weighted by atomic mass is 32.1. The Balaban J connectivity index is 1.53. The van der Waals surface area contributed by atoms with Crippen molar-refractivity contribution in [3.8, 4) is 5.75 Å². The molecule has 1 atom stereocenters. The topological polar surface area (TPSA) is 129 Å². The molecule has 1 aromatic carbocycles. The van der Waals surface area contributed by atoms with Gasteiger partial charge in [-0.15, -0.1) is 5.10 Å². The summed E-state index contributed by atoms with van der Waals surface area (Å²) in [6, 6.07) is 6.38. The van der Waals surface area contributed by atoms with Gasteiger partial charge in [-0.25, -0.2) is 4.99 Å². The van der Waals surface area contributed by atoms with Crippen LogP contribution in [0.15, 0.2) is 34.6 Å². The van der Waals surface area contributed by atoms with E-state index < -0.39 is 11.9 Å². The zero-order valence-electron chi connectivity index (χ0n) is 19.6. The van der Waals surface area contributed by atoms with Crippen molar-refractivity contribution in [2.24, 2.45) is 4.99 Å². The SMILES string of the molecule is COc1ccc(NC(=NC2CCCCN(CC(=O)N3CCCC3)C2=O)NC(=O)c2csnn2)cc1. The fraction of sp³-hybridized carbons (Fsp3) is 0.478. The molecule has 2 fully saturated rings. The molecule has 2 aromatic rings. The first-order valence-electron chi connectivity index (χ1n) is 11.7. The Morgan fingerprint density at radius 3 is 2.57 bits per heavy atom. The van der Waals surface area contributed by atoms with Crippen LogP contribution in [0.1, 0.15) is 42.6 Å². The maximum atomic E-state index is 13.4. The maximum absolute atomic E-state index is 13.4. The van der Waals surface area contributed by atoms with Gasteiger partial charge in [-0.2, -0.15) is 0 Å². The number of carbonyl (C=O) groups is 3. The lowest BCUT2D eigenvalue weighted by Gasteiger charge is -2.25.